The number of rotatable bonds is 5. The van der Waals surface area contributed by atoms with E-state index in [4.69, 9.17) is 4.74 Å². The summed E-state index contributed by atoms with van der Waals surface area (Å²) in [5, 5.41) is 3.18. The molecular weight excluding hydrogens is 180 g/mol. The van der Waals surface area contributed by atoms with Gasteiger partial charge in [-0.3, -0.25) is 4.79 Å². The third-order valence-corrected chi connectivity index (χ3v) is 2.52. The molecule has 1 heterocycles. The lowest BCUT2D eigenvalue weighted by atomic mass is 10.3. The van der Waals surface area contributed by atoms with Crippen molar-refractivity contribution in [2.24, 2.45) is 0 Å². The third kappa shape index (κ3) is 3.27. The maximum absolute atomic E-state index is 11.6. The molecule has 4 nitrogen and oxygen atoms in total. The molecule has 0 saturated carbocycles. The van der Waals surface area contributed by atoms with Crippen molar-refractivity contribution >= 4 is 5.91 Å². The van der Waals surface area contributed by atoms with Gasteiger partial charge in [-0.2, -0.15) is 0 Å². The number of hydrogen-bond donors (Lipinski definition) is 1. The molecule has 0 aliphatic carbocycles. The van der Waals surface area contributed by atoms with E-state index in [1.54, 1.807) is 0 Å². The minimum atomic E-state index is 0.121. The Kier molecular flexibility index (Phi) is 4.90. The number of carbonyl (C=O) groups excluding carboxylic acids is 1. The van der Waals surface area contributed by atoms with Crippen LogP contribution < -0.4 is 5.32 Å². The lowest BCUT2D eigenvalue weighted by molar-refractivity contribution is -0.135. The first-order chi connectivity index (χ1) is 6.77. The standard InChI is InChI=1S/C10H20N2O2/c1-3-6-14-8-10(13)12-5-4-9(7-12)11-2/h9,11H,3-8H2,1-2H3. The molecule has 1 atom stereocenters. The van der Waals surface area contributed by atoms with Gasteiger partial charge < -0.3 is 15.0 Å². The van der Waals surface area contributed by atoms with Gasteiger partial charge in [0, 0.05) is 25.7 Å². The van der Waals surface area contributed by atoms with Gasteiger partial charge in [0.05, 0.1) is 0 Å². The largest absolute Gasteiger partial charge is 0.372 e. The molecule has 1 aliphatic rings. The Morgan fingerprint density at radius 3 is 3.00 bits per heavy atom. The van der Waals surface area contributed by atoms with Crippen molar-refractivity contribution in [1.29, 1.82) is 0 Å². The summed E-state index contributed by atoms with van der Waals surface area (Å²) in [6.07, 6.45) is 2.02. The van der Waals surface area contributed by atoms with E-state index in [-0.39, 0.29) is 12.5 Å². The number of amides is 1. The number of likely N-dealkylation sites (N-methyl/N-ethyl adjacent to an activating group) is 1. The second kappa shape index (κ2) is 5.98. The van der Waals surface area contributed by atoms with Crippen LogP contribution in [0.4, 0.5) is 0 Å². The Labute approximate surface area is 85.6 Å². The predicted octanol–water partition coefficient (Wildman–Crippen LogP) is 0.233. The van der Waals surface area contributed by atoms with Gasteiger partial charge in [0.25, 0.3) is 0 Å². The molecule has 1 unspecified atom stereocenters. The van der Waals surface area contributed by atoms with Crippen molar-refractivity contribution in [3.8, 4) is 0 Å². The van der Waals surface area contributed by atoms with E-state index in [1.807, 2.05) is 18.9 Å². The van der Waals surface area contributed by atoms with Crippen LogP contribution in [0, 0.1) is 0 Å². The van der Waals surface area contributed by atoms with Crippen LogP contribution in [-0.2, 0) is 9.53 Å². The average Bonchev–Trinajstić information content (AvgIpc) is 2.66. The summed E-state index contributed by atoms with van der Waals surface area (Å²) in [7, 11) is 1.94. The molecule has 0 spiro atoms. The second-order valence-corrected chi connectivity index (χ2v) is 3.67. The number of hydrogen-bond acceptors (Lipinski definition) is 3. The van der Waals surface area contributed by atoms with Crippen LogP contribution in [0.3, 0.4) is 0 Å². The van der Waals surface area contributed by atoms with Crippen molar-refractivity contribution in [2.45, 2.75) is 25.8 Å². The molecule has 14 heavy (non-hydrogen) atoms. The first kappa shape index (κ1) is 11.5. The number of carbonyl (C=O) groups is 1. The van der Waals surface area contributed by atoms with E-state index in [2.05, 4.69) is 5.32 Å². The monoisotopic (exact) mass is 200 g/mol. The van der Waals surface area contributed by atoms with Crippen LogP contribution in [0.15, 0.2) is 0 Å². The van der Waals surface area contributed by atoms with Crippen molar-refractivity contribution in [3.63, 3.8) is 0 Å². The van der Waals surface area contributed by atoms with E-state index in [0.717, 1.165) is 25.9 Å². The molecule has 1 N–H and O–H groups in total. The Morgan fingerprint density at radius 1 is 1.64 bits per heavy atom. The van der Waals surface area contributed by atoms with Crippen LogP contribution in [0.5, 0.6) is 0 Å². The molecule has 0 bridgehead atoms. The third-order valence-electron chi connectivity index (χ3n) is 2.52. The van der Waals surface area contributed by atoms with Crippen molar-refractivity contribution < 1.29 is 9.53 Å². The highest BCUT2D eigenvalue weighted by atomic mass is 16.5. The van der Waals surface area contributed by atoms with Gasteiger partial charge in [-0.1, -0.05) is 6.92 Å². The topological polar surface area (TPSA) is 41.6 Å². The highest BCUT2D eigenvalue weighted by molar-refractivity contribution is 5.77. The van der Waals surface area contributed by atoms with E-state index in [1.165, 1.54) is 0 Å². The van der Waals surface area contributed by atoms with Gasteiger partial charge in [0.1, 0.15) is 6.61 Å². The summed E-state index contributed by atoms with van der Waals surface area (Å²) in [5.74, 6) is 0.121. The van der Waals surface area contributed by atoms with Crippen LogP contribution >= 0.6 is 0 Å². The number of nitrogens with one attached hydrogen (secondary N) is 1. The average molecular weight is 200 g/mol. The molecule has 0 aromatic heterocycles. The molecule has 1 rings (SSSR count). The van der Waals surface area contributed by atoms with Crippen molar-refractivity contribution in [1.82, 2.24) is 10.2 Å². The van der Waals surface area contributed by atoms with E-state index in [0.29, 0.717) is 12.6 Å². The zero-order valence-corrected chi connectivity index (χ0v) is 9.08. The van der Waals surface area contributed by atoms with Crippen LogP contribution in [-0.4, -0.2) is 50.2 Å². The maximum Gasteiger partial charge on any atom is 0.248 e. The number of nitrogens with zero attached hydrogens (tertiary/aromatic N) is 1. The van der Waals surface area contributed by atoms with Gasteiger partial charge in [-0.05, 0) is 19.9 Å². The molecule has 1 saturated heterocycles. The Balaban J connectivity index is 2.18. The van der Waals surface area contributed by atoms with Crippen LogP contribution in [0.25, 0.3) is 0 Å². The number of likely N-dealkylation sites (tertiary alicyclic amines) is 1. The molecule has 0 aromatic rings. The molecule has 82 valence electrons. The lowest BCUT2D eigenvalue weighted by Gasteiger charge is -2.16. The van der Waals surface area contributed by atoms with Gasteiger partial charge in [0.2, 0.25) is 5.91 Å². The van der Waals surface area contributed by atoms with E-state index < -0.39 is 0 Å². The normalized spacial score (nSPS) is 21.6. The number of ether oxygens (including phenoxy) is 1. The maximum atomic E-state index is 11.6. The van der Waals surface area contributed by atoms with Crippen molar-refractivity contribution in [3.05, 3.63) is 0 Å². The summed E-state index contributed by atoms with van der Waals surface area (Å²) in [4.78, 5) is 13.4. The SMILES string of the molecule is CCCOCC(=O)N1CCC(NC)C1. The second-order valence-electron chi connectivity index (χ2n) is 3.67. The van der Waals surface area contributed by atoms with E-state index >= 15 is 0 Å². The summed E-state index contributed by atoms with van der Waals surface area (Å²) in [6, 6.07) is 0.463. The minimum absolute atomic E-state index is 0.121. The Hall–Kier alpha value is -0.610. The van der Waals surface area contributed by atoms with Gasteiger partial charge in [0.15, 0.2) is 0 Å². The zero-order valence-electron chi connectivity index (χ0n) is 9.08. The first-order valence-corrected chi connectivity index (χ1v) is 5.30. The molecular formula is C10H20N2O2. The molecule has 1 amide bonds. The summed E-state index contributed by atoms with van der Waals surface area (Å²) in [5.41, 5.74) is 0. The minimum Gasteiger partial charge on any atom is -0.372 e. The fourth-order valence-electron chi connectivity index (χ4n) is 1.62. The van der Waals surface area contributed by atoms with Gasteiger partial charge in [-0.25, -0.2) is 0 Å². The summed E-state index contributed by atoms with van der Waals surface area (Å²) >= 11 is 0. The fourth-order valence-corrected chi connectivity index (χ4v) is 1.62. The molecule has 4 heteroatoms. The van der Waals surface area contributed by atoms with E-state index in [9.17, 15) is 4.79 Å². The first-order valence-electron chi connectivity index (χ1n) is 5.30. The van der Waals surface area contributed by atoms with Crippen LogP contribution in [0.1, 0.15) is 19.8 Å². The zero-order chi connectivity index (χ0) is 10.4. The smallest absolute Gasteiger partial charge is 0.248 e. The molecule has 1 fully saturated rings. The van der Waals surface area contributed by atoms with Gasteiger partial charge in [-0.15, -0.1) is 0 Å². The molecule has 1 aliphatic heterocycles. The predicted molar refractivity (Wildman–Crippen MR) is 55.2 cm³/mol. The summed E-state index contributed by atoms with van der Waals surface area (Å²) in [6.45, 7) is 4.64. The fraction of sp³-hybridized carbons (Fsp3) is 0.900. The highest BCUT2D eigenvalue weighted by Crippen LogP contribution is 2.08. The Bertz CT molecular complexity index is 185. The molecule has 0 radical (unpaired) electrons. The quantitative estimate of drug-likeness (QED) is 0.646. The lowest BCUT2D eigenvalue weighted by Crippen LogP contribution is -2.35. The Morgan fingerprint density at radius 2 is 2.43 bits per heavy atom. The highest BCUT2D eigenvalue weighted by Gasteiger charge is 2.24. The van der Waals surface area contributed by atoms with Gasteiger partial charge >= 0.3 is 0 Å². The summed E-state index contributed by atoms with van der Waals surface area (Å²) < 4.78 is 5.21. The van der Waals surface area contributed by atoms with Crippen molar-refractivity contribution in [2.75, 3.05) is 33.4 Å². The molecule has 0 aromatic carbocycles. The van der Waals surface area contributed by atoms with Crippen LogP contribution in [0.2, 0.25) is 0 Å².